The number of aliphatic imine (C=N–C) groups is 1. The van der Waals surface area contributed by atoms with E-state index >= 15 is 0 Å². The molecule has 16 heavy (non-hydrogen) atoms. The van der Waals surface area contributed by atoms with Gasteiger partial charge in [-0.1, -0.05) is 12.2 Å². The maximum atomic E-state index is 10.1. The minimum absolute atomic E-state index is 0.678. The van der Waals surface area contributed by atoms with E-state index in [4.69, 9.17) is 0 Å². The molecule has 0 atom stereocenters. The number of carbonyl (C=O) groups excluding carboxylic acids is 1. The molecule has 3 heteroatoms. The largest absolute Gasteiger partial charge is 0.370 e. The molecular weight excluding hydrogens is 200 g/mol. The van der Waals surface area contributed by atoms with E-state index in [9.17, 15) is 4.79 Å². The van der Waals surface area contributed by atoms with Gasteiger partial charge in [-0.2, -0.15) is 0 Å². The lowest BCUT2D eigenvalue weighted by Crippen LogP contribution is -2.19. The van der Waals surface area contributed by atoms with Crippen LogP contribution in [-0.2, 0) is 4.79 Å². The lowest BCUT2D eigenvalue weighted by molar-refractivity contribution is -0.107. The number of rotatable bonds is 7. The van der Waals surface area contributed by atoms with Crippen LogP contribution in [0.25, 0.3) is 0 Å². The number of hydrogen-bond donors (Lipinski definition) is 1. The summed E-state index contributed by atoms with van der Waals surface area (Å²) < 4.78 is 0. The summed E-state index contributed by atoms with van der Waals surface area (Å²) in [5.74, 6) is 0.926. The van der Waals surface area contributed by atoms with Crippen molar-refractivity contribution in [1.29, 1.82) is 0 Å². The van der Waals surface area contributed by atoms with E-state index in [-0.39, 0.29) is 0 Å². The van der Waals surface area contributed by atoms with Crippen LogP contribution in [0.3, 0.4) is 0 Å². The summed E-state index contributed by atoms with van der Waals surface area (Å²) in [6, 6.07) is 0. The third-order valence-corrected chi connectivity index (χ3v) is 2.64. The van der Waals surface area contributed by atoms with Crippen LogP contribution in [-0.4, -0.2) is 19.5 Å². The smallest absolute Gasteiger partial charge is 0.128 e. The Hall–Kier alpha value is -1.38. The maximum Gasteiger partial charge on any atom is 0.128 e. The second kappa shape index (κ2) is 7.85. The van der Waals surface area contributed by atoms with Crippen molar-refractivity contribution in [2.75, 3.05) is 6.54 Å². The molecule has 0 radical (unpaired) electrons. The van der Waals surface area contributed by atoms with Crippen LogP contribution in [0.2, 0.25) is 0 Å². The number of allylic oxidation sites excluding steroid dienone is 3. The minimum atomic E-state index is 0.678. The number of hydrogen-bond acceptors (Lipinski definition) is 3. The quantitative estimate of drug-likeness (QED) is 0.407. The van der Waals surface area contributed by atoms with E-state index in [1.165, 1.54) is 5.57 Å². The molecule has 0 aromatic heterocycles. The molecule has 0 aliphatic carbocycles. The van der Waals surface area contributed by atoms with Crippen LogP contribution in [0.1, 0.15) is 38.5 Å². The molecule has 1 N–H and O–H groups in total. The Morgan fingerprint density at radius 3 is 2.94 bits per heavy atom. The van der Waals surface area contributed by atoms with Crippen LogP contribution in [0, 0.1) is 0 Å². The molecule has 1 aliphatic rings. The number of carbonyl (C=O) groups is 1. The summed E-state index contributed by atoms with van der Waals surface area (Å²) in [4.78, 5) is 14.1. The van der Waals surface area contributed by atoms with Gasteiger partial charge in [-0.05, 0) is 44.4 Å². The Balaban J connectivity index is 2.33. The first-order valence-corrected chi connectivity index (χ1v) is 5.92. The van der Waals surface area contributed by atoms with Crippen LogP contribution in [0.15, 0.2) is 28.5 Å². The van der Waals surface area contributed by atoms with Gasteiger partial charge in [0.05, 0.1) is 0 Å². The van der Waals surface area contributed by atoms with Gasteiger partial charge in [0.25, 0.3) is 0 Å². The number of aldehydes is 1. The Kier molecular flexibility index (Phi) is 6.23. The predicted molar refractivity (Wildman–Crippen MR) is 67.5 cm³/mol. The lowest BCUT2D eigenvalue weighted by Gasteiger charge is -2.16. The molecule has 0 fully saturated rings. The molecule has 0 amide bonds. The lowest BCUT2D eigenvalue weighted by atomic mass is 10.1. The molecule has 3 nitrogen and oxygen atoms in total. The van der Waals surface area contributed by atoms with Crippen molar-refractivity contribution in [3.63, 3.8) is 0 Å². The second-order valence-electron chi connectivity index (χ2n) is 3.92. The SMILES string of the molecule is C=NC1=C(/C=C\CCCCC=O)CCCN1. The van der Waals surface area contributed by atoms with E-state index in [2.05, 4.69) is 29.2 Å². The molecule has 0 saturated heterocycles. The van der Waals surface area contributed by atoms with E-state index in [0.29, 0.717) is 6.42 Å². The van der Waals surface area contributed by atoms with Crippen molar-refractivity contribution in [3.8, 4) is 0 Å². The summed E-state index contributed by atoms with van der Waals surface area (Å²) in [6.07, 6.45) is 11.3. The maximum absolute atomic E-state index is 10.1. The molecule has 88 valence electrons. The topological polar surface area (TPSA) is 41.5 Å². The Morgan fingerprint density at radius 1 is 1.38 bits per heavy atom. The molecule has 0 spiro atoms. The zero-order valence-corrected chi connectivity index (χ0v) is 9.74. The minimum Gasteiger partial charge on any atom is -0.370 e. The van der Waals surface area contributed by atoms with E-state index in [1.54, 1.807) is 0 Å². The van der Waals surface area contributed by atoms with Gasteiger partial charge in [0.2, 0.25) is 0 Å². The van der Waals surface area contributed by atoms with Gasteiger partial charge < -0.3 is 10.1 Å². The van der Waals surface area contributed by atoms with E-state index in [1.807, 2.05) is 0 Å². The highest BCUT2D eigenvalue weighted by Gasteiger charge is 2.07. The normalized spacial score (nSPS) is 16.2. The van der Waals surface area contributed by atoms with Crippen LogP contribution in [0.4, 0.5) is 0 Å². The average molecular weight is 220 g/mol. The zero-order chi connectivity index (χ0) is 11.6. The Labute approximate surface area is 97.3 Å². The van der Waals surface area contributed by atoms with Crippen molar-refractivity contribution >= 4 is 13.0 Å². The standard InChI is InChI=1S/C13H20N2O/c1-14-13-12(9-7-10-15-13)8-5-3-2-4-6-11-16/h5,8,11,15H,1-4,6-7,9-10H2/b8-5-. The van der Waals surface area contributed by atoms with E-state index in [0.717, 1.165) is 50.8 Å². The van der Waals surface area contributed by atoms with Crippen LogP contribution in [0.5, 0.6) is 0 Å². The van der Waals surface area contributed by atoms with Gasteiger partial charge in [-0.25, -0.2) is 4.99 Å². The van der Waals surface area contributed by atoms with Gasteiger partial charge in [-0.15, -0.1) is 0 Å². The van der Waals surface area contributed by atoms with Crippen molar-refractivity contribution in [2.24, 2.45) is 4.99 Å². The molecular formula is C13H20N2O. The number of nitrogens with one attached hydrogen (secondary N) is 1. The van der Waals surface area contributed by atoms with Gasteiger partial charge >= 0.3 is 0 Å². The van der Waals surface area contributed by atoms with Crippen LogP contribution >= 0.6 is 0 Å². The monoisotopic (exact) mass is 220 g/mol. The van der Waals surface area contributed by atoms with Gasteiger partial charge in [0, 0.05) is 13.0 Å². The number of nitrogens with zero attached hydrogens (tertiary/aromatic N) is 1. The van der Waals surface area contributed by atoms with Crippen LogP contribution < -0.4 is 5.32 Å². The highest BCUT2D eigenvalue weighted by molar-refractivity contribution is 5.48. The van der Waals surface area contributed by atoms with Crippen molar-refractivity contribution in [2.45, 2.75) is 38.5 Å². The fourth-order valence-electron chi connectivity index (χ4n) is 1.75. The molecule has 0 bridgehead atoms. The Morgan fingerprint density at radius 2 is 2.19 bits per heavy atom. The Bertz CT molecular complexity index is 292. The molecule has 0 aromatic rings. The average Bonchev–Trinajstić information content (AvgIpc) is 2.34. The first kappa shape index (κ1) is 12.7. The third-order valence-electron chi connectivity index (χ3n) is 2.64. The van der Waals surface area contributed by atoms with Crippen molar-refractivity contribution < 1.29 is 4.79 Å². The first-order chi connectivity index (χ1) is 7.88. The summed E-state index contributed by atoms with van der Waals surface area (Å²) in [5, 5.41) is 3.23. The van der Waals surface area contributed by atoms with E-state index < -0.39 is 0 Å². The predicted octanol–water partition coefficient (Wildman–Crippen LogP) is 2.60. The van der Waals surface area contributed by atoms with Crippen molar-refractivity contribution in [3.05, 3.63) is 23.5 Å². The fraction of sp³-hybridized carbons (Fsp3) is 0.538. The van der Waals surface area contributed by atoms with Gasteiger partial charge in [0.1, 0.15) is 12.1 Å². The molecule has 0 saturated carbocycles. The second-order valence-corrected chi connectivity index (χ2v) is 3.92. The molecule has 1 rings (SSSR count). The molecule has 1 heterocycles. The number of unbranched alkanes of at least 4 members (excludes halogenated alkanes) is 3. The summed E-state index contributed by atoms with van der Waals surface area (Å²) in [6.45, 7) is 4.55. The summed E-state index contributed by atoms with van der Waals surface area (Å²) >= 11 is 0. The van der Waals surface area contributed by atoms with Crippen molar-refractivity contribution in [1.82, 2.24) is 5.32 Å². The molecule has 0 unspecified atom stereocenters. The highest BCUT2D eigenvalue weighted by atomic mass is 16.1. The van der Waals surface area contributed by atoms with Gasteiger partial charge in [0.15, 0.2) is 0 Å². The molecule has 1 aliphatic heterocycles. The first-order valence-electron chi connectivity index (χ1n) is 5.92. The highest BCUT2D eigenvalue weighted by Crippen LogP contribution is 2.16. The third kappa shape index (κ3) is 4.43. The fourth-order valence-corrected chi connectivity index (χ4v) is 1.75. The summed E-state index contributed by atoms with van der Waals surface area (Å²) in [5.41, 5.74) is 1.25. The summed E-state index contributed by atoms with van der Waals surface area (Å²) in [7, 11) is 0. The molecule has 0 aromatic carbocycles. The van der Waals surface area contributed by atoms with Gasteiger partial charge in [-0.3, -0.25) is 0 Å². The zero-order valence-electron chi connectivity index (χ0n) is 9.74.